The monoisotopic (exact) mass is 459 g/mol. The van der Waals surface area contributed by atoms with Gasteiger partial charge in [-0.05, 0) is 25.1 Å². The molecule has 1 aliphatic heterocycles. The molecule has 0 atom stereocenters. The third kappa shape index (κ3) is 4.11. The lowest BCUT2D eigenvalue weighted by Crippen LogP contribution is -2.29. The number of hydrogen-bond acceptors (Lipinski definition) is 9. The Labute approximate surface area is 193 Å². The summed E-state index contributed by atoms with van der Waals surface area (Å²) in [6.07, 6.45) is 6.58. The first-order valence-electron chi connectivity index (χ1n) is 10.5. The normalized spacial score (nSPS) is 14.4. The summed E-state index contributed by atoms with van der Waals surface area (Å²) in [5.41, 5.74) is 2.25. The Morgan fingerprint density at radius 2 is 2.09 bits per heavy atom. The second-order valence-corrected chi connectivity index (χ2v) is 7.45. The molecule has 0 aliphatic carbocycles. The molecule has 11 heteroatoms. The fraction of sp³-hybridized carbons (Fsp3) is 0.174. The Hall–Kier alpha value is -4.51. The number of aryl methyl sites for hydroxylation is 1. The lowest BCUT2D eigenvalue weighted by Gasteiger charge is -2.12. The van der Waals surface area contributed by atoms with E-state index in [1.807, 2.05) is 24.3 Å². The molecule has 11 nitrogen and oxygen atoms in total. The van der Waals surface area contributed by atoms with E-state index in [0.717, 1.165) is 10.8 Å². The van der Waals surface area contributed by atoms with Crippen molar-refractivity contribution in [2.75, 3.05) is 20.3 Å². The summed E-state index contributed by atoms with van der Waals surface area (Å²) in [6.45, 7) is 2.69. The van der Waals surface area contributed by atoms with E-state index in [4.69, 9.17) is 14.0 Å². The van der Waals surface area contributed by atoms with Crippen LogP contribution in [0.5, 0.6) is 5.88 Å². The first-order chi connectivity index (χ1) is 16.6. The molecule has 0 saturated heterocycles. The minimum Gasteiger partial charge on any atom is -0.443 e. The standard InChI is InChI=1S/C23H21N7O4/c1-14-11-19(29-34-14)21-27-26-20-17-5-3-4-6-18(17)23(28-30(20)21)33-13-16-8-7-15(12-25-16)22(31)24-9-10-32-2/h3-8,11-13,25H,9-10H2,1-2H3,(H,24,31). The van der Waals surface area contributed by atoms with Gasteiger partial charge in [0.15, 0.2) is 11.3 Å². The molecular weight excluding hydrogens is 438 g/mol. The van der Waals surface area contributed by atoms with Gasteiger partial charge in [-0.3, -0.25) is 4.79 Å². The minimum atomic E-state index is -0.192. The van der Waals surface area contributed by atoms with Crippen LogP contribution in [0.2, 0.25) is 0 Å². The molecular formula is C23H21N7O4. The first kappa shape index (κ1) is 21.3. The molecule has 1 amide bonds. The minimum absolute atomic E-state index is 0.192. The van der Waals surface area contributed by atoms with Crippen LogP contribution in [0.3, 0.4) is 0 Å². The van der Waals surface area contributed by atoms with Crippen molar-refractivity contribution in [3.05, 3.63) is 72.0 Å². The second kappa shape index (κ2) is 9.16. The molecule has 2 N–H and O–H groups in total. The molecule has 0 unspecified atom stereocenters. The highest BCUT2D eigenvalue weighted by atomic mass is 16.5. The lowest BCUT2D eigenvalue weighted by molar-refractivity contribution is -0.117. The highest BCUT2D eigenvalue weighted by molar-refractivity contribution is 5.97. The summed E-state index contributed by atoms with van der Waals surface area (Å²) >= 11 is 0. The maximum atomic E-state index is 12.1. The van der Waals surface area contributed by atoms with E-state index < -0.39 is 0 Å². The number of dihydropyridines is 1. The number of nitrogens with zero attached hydrogens (tertiary/aromatic N) is 5. The van der Waals surface area contributed by atoms with Gasteiger partial charge in [-0.15, -0.1) is 15.3 Å². The largest absolute Gasteiger partial charge is 0.443 e. The molecule has 0 fully saturated rings. The van der Waals surface area contributed by atoms with Gasteiger partial charge in [-0.2, -0.15) is 4.52 Å². The average molecular weight is 459 g/mol. The predicted molar refractivity (Wildman–Crippen MR) is 122 cm³/mol. The zero-order valence-electron chi connectivity index (χ0n) is 18.5. The summed E-state index contributed by atoms with van der Waals surface area (Å²) in [5, 5.41) is 24.6. The first-order valence-corrected chi connectivity index (χ1v) is 10.5. The summed E-state index contributed by atoms with van der Waals surface area (Å²) < 4.78 is 17.7. The number of benzene rings is 1. The van der Waals surface area contributed by atoms with Gasteiger partial charge < -0.3 is 24.6 Å². The number of carbonyl (C=O) groups excluding carboxylic acids is 1. The van der Waals surface area contributed by atoms with Crippen LogP contribution in [0, 0.1) is 6.92 Å². The van der Waals surface area contributed by atoms with E-state index in [9.17, 15) is 4.79 Å². The van der Waals surface area contributed by atoms with Crippen molar-refractivity contribution >= 4 is 22.3 Å². The lowest BCUT2D eigenvalue weighted by atomic mass is 10.2. The highest BCUT2D eigenvalue weighted by Gasteiger charge is 2.18. The van der Waals surface area contributed by atoms with Crippen molar-refractivity contribution in [1.82, 2.24) is 35.6 Å². The van der Waals surface area contributed by atoms with Crippen molar-refractivity contribution in [1.29, 1.82) is 0 Å². The predicted octanol–water partition coefficient (Wildman–Crippen LogP) is 2.27. The summed E-state index contributed by atoms with van der Waals surface area (Å²) in [5.74, 6) is 1.27. The molecule has 1 aliphatic rings. The van der Waals surface area contributed by atoms with Gasteiger partial charge in [0, 0.05) is 36.7 Å². The number of fused-ring (bicyclic) bond motifs is 3. The number of nitrogens with one attached hydrogen (secondary N) is 2. The number of carbonyl (C=O) groups is 1. The van der Waals surface area contributed by atoms with Crippen LogP contribution in [0.25, 0.3) is 27.9 Å². The van der Waals surface area contributed by atoms with E-state index in [2.05, 4.69) is 31.1 Å². The zero-order valence-corrected chi connectivity index (χ0v) is 18.5. The molecule has 5 rings (SSSR count). The van der Waals surface area contributed by atoms with Gasteiger partial charge in [-0.25, -0.2) is 0 Å². The summed E-state index contributed by atoms with van der Waals surface area (Å²) in [4.78, 5) is 12.1. The Morgan fingerprint density at radius 1 is 1.24 bits per heavy atom. The molecule has 0 saturated carbocycles. The number of allylic oxidation sites excluding steroid dienone is 1. The Kier molecular flexibility index (Phi) is 5.75. The third-order valence-electron chi connectivity index (χ3n) is 5.08. The number of ether oxygens (including phenoxy) is 2. The molecule has 4 heterocycles. The van der Waals surface area contributed by atoms with Gasteiger partial charge >= 0.3 is 0 Å². The number of rotatable bonds is 7. The Balaban J connectivity index is 1.42. The topological polar surface area (TPSA) is 129 Å². The maximum Gasteiger partial charge on any atom is 0.252 e. The Morgan fingerprint density at radius 3 is 2.82 bits per heavy atom. The van der Waals surface area contributed by atoms with Crippen LogP contribution in [-0.4, -0.2) is 51.1 Å². The highest BCUT2D eigenvalue weighted by Crippen LogP contribution is 2.29. The molecule has 1 aromatic carbocycles. The smallest absolute Gasteiger partial charge is 0.252 e. The molecule has 172 valence electrons. The average Bonchev–Trinajstić information content (AvgIpc) is 3.49. The van der Waals surface area contributed by atoms with Gasteiger partial charge in [0.05, 0.1) is 17.9 Å². The molecule has 0 radical (unpaired) electrons. The van der Waals surface area contributed by atoms with Crippen LogP contribution in [0.15, 0.2) is 70.7 Å². The fourth-order valence-corrected chi connectivity index (χ4v) is 3.41. The molecule has 0 bridgehead atoms. The van der Waals surface area contributed by atoms with Gasteiger partial charge in [0.25, 0.3) is 5.91 Å². The van der Waals surface area contributed by atoms with Crippen LogP contribution < -0.4 is 15.4 Å². The van der Waals surface area contributed by atoms with Crippen molar-refractivity contribution in [2.24, 2.45) is 0 Å². The number of methoxy groups -OCH3 is 1. The number of aromatic nitrogens is 5. The van der Waals surface area contributed by atoms with E-state index in [-0.39, 0.29) is 5.91 Å². The molecule has 4 aromatic rings. The van der Waals surface area contributed by atoms with Crippen molar-refractivity contribution in [3.63, 3.8) is 0 Å². The van der Waals surface area contributed by atoms with Crippen molar-refractivity contribution in [3.8, 4) is 17.4 Å². The summed E-state index contributed by atoms with van der Waals surface area (Å²) in [6, 6.07) is 9.40. The van der Waals surface area contributed by atoms with Crippen LogP contribution in [0.4, 0.5) is 0 Å². The number of amides is 1. The molecule has 34 heavy (non-hydrogen) atoms. The summed E-state index contributed by atoms with van der Waals surface area (Å²) in [7, 11) is 1.58. The molecule has 3 aromatic heterocycles. The SMILES string of the molecule is COCCNC(=O)C1=CNC(=COc2nn3c(-c4cc(C)on4)nnc3c3ccccc23)C=C1. The van der Waals surface area contributed by atoms with E-state index in [1.165, 1.54) is 6.26 Å². The van der Waals surface area contributed by atoms with E-state index in [1.54, 1.807) is 43.0 Å². The second-order valence-electron chi connectivity index (χ2n) is 7.45. The van der Waals surface area contributed by atoms with Gasteiger partial charge in [0.1, 0.15) is 12.0 Å². The maximum absolute atomic E-state index is 12.1. The number of hydrogen-bond donors (Lipinski definition) is 2. The quantitative estimate of drug-likeness (QED) is 0.316. The van der Waals surface area contributed by atoms with Gasteiger partial charge in [0.2, 0.25) is 11.7 Å². The fourth-order valence-electron chi connectivity index (χ4n) is 3.41. The third-order valence-corrected chi connectivity index (χ3v) is 5.08. The van der Waals surface area contributed by atoms with E-state index in [0.29, 0.717) is 53.2 Å². The Bertz CT molecular complexity index is 1460. The van der Waals surface area contributed by atoms with E-state index >= 15 is 0 Å². The zero-order chi connectivity index (χ0) is 23.5. The van der Waals surface area contributed by atoms with Crippen LogP contribution in [-0.2, 0) is 9.53 Å². The van der Waals surface area contributed by atoms with Crippen molar-refractivity contribution < 1.29 is 18.8 Å². The van der Waals surface area contributed by atoms with Crippen LogP contribution in [0.1, 0.15) is 5.76 Å². The van der Waals surface area contributed by atoms with Crippen molar-refractivity contribution in [2.45, 2.75) is 6.92 Å². The molecule has 0 spiro atoms. The van der Waals surface area contributed by atoms with Gasteiger partial charge in [-0.1, -0.05) is 23.4 Å². The van der Waals surface area contributed by atoms with Crippen LogP contribution >= 0.6 is 0 Å².